The Bertz CT molecular complexity index is 1630. The summed E-state index contributed by atoms with van der Waals surface area (Å²) in [5.74, 6) is -0.280. The summed E-state index contributed by atoms with van der Waals surface area (Å²) < 4.78 is 13.4. The Kier molecular flexibility index (Phi) is 5.74. The van der Waals surface area contributed by atoms with Gasteiger partial charge in [-0.2, -0.15) is 5.10 Å². The highest BCUT2D eigenvalue weighted by molar-refractivity contribution is 5.99. The highest BCUT2D eigenvalue weighted by Crippen LogP contribution is 2.33. The van der Waals surface area contributed by atoms with Crippen LogP contribution in [0.15, 0.2) is 84.2 Å². The van der Waals surface area contributed by atoms with Crippen LogP contribution in [-0.4, -0.2) is 25.1 Å². The fourth-order valence-corrected chi connectivity index (χ4v) is 4.06. The van der Waals surface area contributed by atoms with E-state index in [1.165, 1.54) is 17.7 Å². The third-order valence-electron chi connectivity index (χ3n) is 5.86. The van der Waals surface area contributed by atoms with Crippen LogP contribution in [0, 0.1) is 5.82 Å². The molecule has 0 atom stereocenters. The average molecular weight is 465 g/mol. The van der Waals surface area contributed by atoms with Gasteiger partial charge in [0.05, 0.1) is 22.6 Å². The lowest BCUT2D eigenvalue weighted by Crippen LogP contribution is -1.95. The second-order valence-corrected chi connectivity index (χ2v) is 8.65. The van der Waals surface area contributed by atoms with Crippen molar-refractivity contribution < 1.29 is 4.39 Å². The minimum absolute atomic E-state index is 0.280. The van der Waals surface area contributed by atoms with Crippen LogP contribution in [0.1, 0.15) is 26.5 Å². The van der Waals surface area contributed by atoms with Gasteiger partial charge >= 0.3 is 0 Å². The lowest BCUT2D eigenvalue weighted by Gasteiger charge is -2.07. The summed E-state index contributed by atoms with van der Waals surface area (Å²) in [5, 5.41) is 8.54. The third-order valence-corrected chi connectivity index (χ3v) is 5.86. The van der Waals surface area contributed by atoms with E-state index in [4.69, 9.17) is 10.7 Å². The second kappa shape index (κ2) is 9.02. The van der Waals surface area contributed by atoms with Gasteiger partial charge in [0.25, 0.3) is 0 Å². The van der Waals surface area contributed by atoms with E-state index in [-0.39, 0.29) is 5.82 Å². The van der Waals surface area contributed by atoms with Crippen molar-refractivity contribution in [1.29, 1.82) is 0 Å². The zero-order valence-corrected chi connectivity index (χ0v) is 19.7. The number of pyridine rings is 2. The first kappa shape index (κ1) is 22.3. The zero-order chi connectivity index (χ0) is 24.5. The van der Waals surface area contributed by atoms with Gasteiger partial charge in [-0.25, -0.2) is 9.37 Å². The van der Waals surface area contributed by atoms with Crippen LogP contribution in [0.2, 0.25) is 0 Å². The summed E-state index contributed by atoms with van der Waals surface area (Å²) in [6.07, 6.45) is 7.41. The van der Waals surface area contributed by atoms with Crippen molar-refractivity contribution >= 4 is 27.5 Å². The first-order chi connectivity index (χ1) is 16.9. The number of nitrogens with two attached hydrogens (primary N) is 1. The maximum absolute atomic E-state index is 13.4. The number of hydrogen-bond acceptors (Lipinski definition) is 4. The van der Waals surface area contributed by atoms with E-state index in [1.54, 1.807) is 24.5 Å². The fraction of sp³-hybridized carbons (Fsp3) is 0.107. The van der Waals surface area contributed by atoms with Crippen molar-refractivity contribution in [2.24, 2.45) is 5.73 Å². The summed E-state index contributed by atoms with van der Waals surface area (Å²) in [4.78, 5) is 12.9. The second-order valence-electron chi connectivity index (χ2n) is 8.65. The van der Waals surface area contributed by atoms with Crippen LogP contribution in [0.3, 0.4) is 0 Å². The third kappa shape index (κ3) is 4.24. The molecule has 35 heavy (non-hydrogen) atoms. The Labute approximate surface area is 202 Å². The minimum Gasteiger partial charge on any atom is -0.404 e. The van der Waals surface area contributed by atoms with Crippen LogP contribution >= 0.6 is 0 Å². The quantitative estimate of drug-likeness (QED) is 0.258. The summed E-state index contributed by atoms with van der Waals surface area (Å²) in [6, 6.07) is 14.1. The van der Waals surface area contributed by atoms with Crippen LogP contribution in [0.5, 0.6) is 0 Å². The monoisotopic (exact) mass is 464 g/mol. The molecule has 6 nitrogen and oxygen atoms in total. The molecule has 4 aromatic heterocycles. The molecule has 0 aliphatic heterocycles. The molecular weight excluding hydrogens is 439 g/mol. The summed E-state index contributed by atoms with van der Waals surface area (Å²) in [7, 11) is 0. The molecule has 4 heterocycles. The number of hydrogen-bond donors (Lipinski definition) is 3. The van der Waals surface area contributed by atoms with Crippen LogP contribution in [0.4, 0.5) is 4.39 Å². The highest BCUT2D eigenvalue weighted by Gasteiger charge is 2.16. The van der Waals surface area contributed by atoms with Crippen LogP contribution in [0.25, 0.3) is 50.2 Å². The Hall–Kier alpha value is -4.52. The molecule has 0 aliphatic rings. The number of allylic oxidation sites excluding steroid dienone is 5. The lowest BCUT2D eigenvalue weighted by molar-refractivity contribution is 0.628. The first-order valence-corrected chi connectivity index (χ1v) is 11.3. The summed E-state index contributed by atoms with van der Waals surface area (Å²) >= 11 is 0. The van der Waals surface area contributed by atoms with Crippen molar-refractivity contribution in [3.63, 3.8) is 0 Å². The predicted molar refractivity (Wildman–Crippen MR) is 140 cm³/mol. The number of nitrogens with one attached hydrogen (secondary N) is 2. The Balaban J connectivity index is 1.61. The molecule has 0 amide bonds. The molecule has 0 fully saturated rings. The molecular formula is C28H25FN6. The molecule has 1 aromatic carbocycles. The number of aromatic nitrogens is 5. The maximum atomic E-state index is 13.4. The molecule has 0 radical (unpaired) electrons. The average Bonchev–Trinajstić information content (AvgIpc) is 3.47. The number of benzene rings is 1. The van der Waals surface area contributed by atoms with Crippen molar-refractivity contribution in [2.45, 2.75) is 20.8 Å². The van der Waals surface area contributed by atoms with E-state index < -0.39 is 0 Å². The molecule has 0 saturated heterocycles. The van der Waals surface area contributed by atoms with Crippen LogP contribution < -0.4 is 5.73 Å². The molecule has 174 valence electrons. The Morgan fingerprint density at radius 1 is 0.943 bits per heavy atom. The molecule has 0 saturated carbocycles. The number of H-pyrrole nitrogens is 2. The van der Waals surface area contributed by atoms with Gasteiger partial charge in [0.1, 0.15) is 17.0 Å². The van der Waals surface area contributed by atoms with Gasteiger partial charge in [-0.3, -0.25) is 10.1 Å². The summed E-state index contributed by atoms with van der Waals surface area (Å²) in [5.41, 5.74) is 15.4. The van der Waals surface area contributed by atoms with Gasteiger partial charge in [-0.1, -0.05) is 17.7 Å². The normalized spacial score (nSPS) is 12.5. The van der Waals surface area contributed by atoms with Crippen LogP contribution in [-0.2, 0) is 0 Å². The maximum Gasteiger partial charge on any atom is 0.135 e. The Morgan fingerprint density at radius 3 is 2.49 bits per heavy atom. The van der Waals surface area contributed by atoms with E-state index in [1.807, 2.05) is 37.3 Å². The van der Waals surface area contributed by atoms with Crippen molar-refractivity contribution in [3.05, 3.63) is 95.7 Å². The lowest BCUT2D eigenvalue weighted by atomic mass is 10.0. The van der Waals surface area contributed by atoms with Crippen molar-refractivity contribution in [2.75, 3.05) is 0 Å². The van der Waals surface area contributed by atoms with Gasteiger partial charge in [0.2, 0.25) is 0 Å². The fourth-order valence-electron chi connectivity index (χ4n) is 4.06. The van der Waals surface area contributed by atoms with Gasteiger partial charge in [-0.15, -0.1) is 0 Å². The molecule has 0 unspecified atom stereocenters. The van der Waals surface area contributed by atoms with Gasteiger partial charge in [0, 0.05) is 34.4 Å². The minimum atomic E-state index is -0.280. The SMILES string of the molecule is CC(C)=C/C=C(C)\C(=C/N)c1ccc2[nH]nc(-c3cc4c(-c5ccc(F)cc5)nccc4[nH]3)c2n1. The van der Waals surface area contributed by atoms with E-state index in [2.05, 4.69) is 40.1 Å². The number of aromatic amines is 2. The van der Waals surface area contributed by atoms with E-state index in [0.717, 1.165) is 55.7 Å². The molecule has 5 rings (SSSR count). The van der Waals surface area contributed by atoms with Crippen molar-refractivity contribution in [1.82, 2.24) is 25.1 Å². The predicted octanol–water partition coefficient (Wildman–Crippen LogP) is 6.52. The molecule has 4 N–H and O–H groups in total. The number of halogens is 1. The van der Waals surface area contributed by atoms with Crippen molar-refractivity contribution in [3.8, 4) is 22.6 Å². The van der Waals surface area contributed by atoms with Gasteiger partial charge in [0.15, 0.2) is 0 Å². The standard InChI is InChI=1S/C28H25FN6/c1-16(2)4-5-17(3)21(15-30)22-10-11-24-27(33-22)28(35-34-24)25-14-20-23(32-25)12-13-31-26(20)18-6-8-19(29)9-7-18/h4-15,32H,30H2,1-3H3,(H,34,35)/b17-5-,21-15+. The zero-order valence-electron chi connectivity index (χ0n) is 19.7. The highest BCUT2D eigenvalue weighted by atomic mass is 19.1. The van der Waals surface area contributed by atoms with Gasteiger partial charge in [-0.05, 0) is 74.9 Å². The first-order valence-electron chi connectivity index (χ1n) is 11.3. The van der Waals surface area contributed by atoms with E-state index in [0.29, 0.717) is 5.69 Å². The van der Waals surface area contributed by atoms with E-state index in [9.17, 15) is 4.39 Å². The number of fused-ring (bicyclic) bond motifs is 2. The summed E-state index contributed by atoms with van der Waals surface area (Å²) in [6.45, 7) is 6.12. The molecule has 0 bridgehead atoms. The molecule has 0 spiro atoms. The topological polar surface area (TPSA) is 96.3 Å². The number of nitrogens with zero attached hydrogens (tertiary/aromatic N) is 3. The molecule has 7 heteroatoms. The Morgan fingerprint density at radius 2 is 1.74 bits per heavy atom. The van der Waals surface area contributed by atoms with Gasteiger partial charge < -0.3 is 10.7 Å². The number of rotatable bonds is 5. The van der Waals surface area contributed by atoms with E-state index >= 15 is 0 Å². The molecule has 0 aliphatic carbocycles. The largest absolute Gasteiger partial charge is 0.404 e. The smallest absolute Gasteiger partial charge is 0.135 e. The molecule has 5 aromatic rings.